The van der Waals surface area contributed by atoms with Crippen molar-refractivity contribution < 1.29 is 22.7 Å². The predicted octanol–water partition coefficient (Wildman–Crippen LogP) is 1.83. The Morgan fingerprint density at radius 3 is 2.44 bits per heavy atom. The molecule has 2 aromatic rings. The van der Waals surface area contributed by atoms with Gasteiger partial charge in [0.1, 0.15) is 0 Å². The van der Waals surface area contributed by atoms with Crippen molar-refractivity contribution in [3.8, 4) is 0 Å². The molecule has 2 rings (SSSR count). The fourth-order valence-electron chi connectivity index (χ4n) is 2.05. The number of amides is 1. The molecule has 0 unspecified atom stereocenters. The molecule has 132 valence electrons. The summed E-state index contributed by atoms with van der Waals surface area (Å²) in [6.45, 7) is 3.26. The highest BCUT2D eigenvalue weighted by molar-refractivity contribution is 7.89. The van der Waals surface area contributed by atoms with Gasteiger partial charge in [0.05, 0.1) is 10.5 Å². The number of esters is 1. The average molecular weight is 362 g/mol. The number of hydrogen-bond donors (Lipinski definition) is 2. The molecular formula is C17H18N2O5S. The Morgan fingerprint density at radius 2 is 1.80 bits per heavy atom. The Morgan fingerprint density at radius 1 is 1.12 bits per heavy atom. The van der Waals surface area contributed by atoms with Gasteiger partial charge < -0.3 is 10.1 Å². The molecule has 0 spiro atoms. The van der Waals surface area contributed by atoms with Crippen molar-refractivity contribution in [3.05, 3.63) is 59.7 Å². The zero-order valence-corrected chi connectivity index (χ0v) is 14.5. The van der Waals surface area contributed by atoms with E-state index in [4.69, 9.17) is 9.88 Å². The molecule has 0 radical (unpaired) electrons. The Balaban J connectivity index is 2.04. The molecule has 0 aromatic heterocycles. The molecule has 2 aromatic carbocycles. The summed E-state index contributed by atoms with van der Waals surface area (Å²) in [4.78, 5) is 24.1. The van der Waals surface area contributed by atoms with E-state index >= 15 is 0 Å². The number of ether oxygens (including phenoxy) is 1. The van der Waals surface area contributed by atoms with E-state index in [1.165, 1.54) is 31.2 Å². The zero-order chi connectivity index (χ0) is 18.6. The third-order valence-corrected chi connectivity index (χ3v) is 4.25. The minimum atomic E-state index is -3.88. The van der Waals surface area contributed by atoms with Gasteiger partial charge in [-0.1, -0.05) is 23.8 Å². The highest BCUT2D eigenvalue weighted by Gasteiger charge is 2.19. The monoisotopic (exact) mass is 362 g/mol. The molecule has 0 heterocycles. The number of benzene rings is 2. The van der Waals surface area contributed by atoms with Gasteiger partial charge in [-0.2, -0.15) is 0 Å². The Bertz CT molecular complexity index is 909. The van der Waals surface area contributed by atoms with E-state index in [2.05, 4.69) is 5.32 Å². The second-order valence-electron chi connectivity index (χ2n) is 5.48. The van der Waals surface area contributed by atoms with Gasteiger partial charge in [0, 0.05) is 5.69 Å². The van der Waals surface area contributed by atoms with Crippen LogP contribution in [0.4, 0.5) is 5.69 Å². The summed E-state index contributed by atoms with van der Waals surface area (Å²) in [6, 6.07) is 12.3. The molecule has 0 saturated carbocycles. The first-order chi connectivity index (χ1) is 11.7. The van der Waals surface area contributed by atoms with Gasteiger partial charge in [0.15, 0.2) is 6.10 Å². The van der Waals surface area contributed by atoms with Gasteiger partial charge in [-0.25, -0.2) is 18.4 Å². The molecule has 25 heavy (non-hydrogen) atoms. The highest BCUT2D eigenvalue weighted by atomic mass is 32.2. The van der Waals surface area contributed by atoms with Crippen molar-refractivity contribution in [1.29, 1.82) is 0 Å². The number of rotatable bonds is 5. The van der Waals surface area contributed by atoms with Gasteiger partial charge in [0.25, 0.3) is 5.91 Å². The average Bonchev–Trinajstić information content (AvgIpc) is 2.54. The van der Waals surface area contributed by atoms with Crippen LogP contribution in [-0.2, 0) is 19.6 Å². The molecule has 0 fully saturated rings. The van der Waals surface area contributed by atoms with Crippen LogP contribution in [0.5, 0.6) is 0 Å². The van der Waals surface area contributed by atoms with Gasteiger partial charge in [-0.15, -0.1) is 0 Å². The summed E-state index contributed by atoms with van der Waals surface area (Å²) in [7, 11) is -3.88. The molecule has 1 amide bonds. The van der Waals surface area contributed by atoms with Crippen molar-refractivity contribution in [2.24, 2.45) is 5.14 Å². The lowest BCUT2D eigenvalue weighted by atomic mass is 10.1. The van der Waals surface area contributed by atoms with E-state index in [0.29, 0.717) is 5.56 Å². The topological polar surface area (TPSA) is 116 Å². The Hall–Kier alpha value is -2.71. The first kappa shape index (κ1) is 18.6. The van der Waals surface area contributed by atoms with Gasteiger partial charge in [-0.3, -0.25) is 4.79 Å². The van der Waals surface area contributed by atoms with Crippen molar-refractivity contribution >= 4 is 27.6 Å². The Labute approximate surface area is 145 Å². The van der Waals surface area contributed by atoms with Crippen LogP contribution < -0.4 is 10.5 Å². The number of nitrogens with one attached hydrogen (secondary N) is 1. The van der Waals surface area contributed by atoms with Gasteiger partial charge in [-0.05, 0) is 44.2 Å². The van der Waals surface area contributed by atoms with Crippen LogP contribution in [0.3, 0.4) is 0 Å². The van der Waals surface area contributed by atoms with Gasteiger partial charge >= 0.3 is 5.97 Å². The molecule has 8 heteroatoms. The standard InChI is InChI=1S/C17H18N2O5S/c1-11-5-3-6-13(9-11)17(21)24-12(2)16(20)19-14-7-4-8-15(10-14)25(18,22)23/h3-10,12H,1-2H3,(H,19,20)(H2,18,22,23)/t12-/m1/s1. The number of nitrogens with two attached hydrogens (primary N) is 1. The molecule has 7 nitrogen and oxygen atoms in total. The summed E-state index contributed by atoms with van der Waals surface area (Å²) < 4.78 is 27.8. The SMILES string of the molecule is Cc1cccc(C(=O)O[C@H](C)C(=O)Nc2cccc(S(N)(=O)=O)c2)c1. The van der Waals surface area contributed by atoms with E-state index in [-0.39, 0.29) is 10.6 Å². The van der Waals surface area contributed by atoms with Crippen molar-refractivity contribution in [2.45, 2.75) is 24.8 Å². The third-order valence-electron chi connectivity index (χ3n) is 3.34. The highest BCUT2D eigenvalue weighted by Crippen LogP contribution is 2.15. The van der Waals surface area contributed by atoms with E-state index in [1.807, 2.05) is 13.0 Å². The molecule has 0 aliphatic heterocycles. The summed E-state index contributed by atoms with van der Waals surface area (Å²) in [5, 5.41) is 7.54. The van der Waals surface area contributed by atoms with Crippen LogP contribution in [0.25, 0.3) is 0 Å². The maximum absolute atomic E-state index is 12.1. The fraction of sp³-hybridized carbons (Fsp3) is 0.176. The zero-order valence-electron chi connectivity index (χ0n) is 13.7. The Kier molecular flexibility index (Phi) is 5.55. The van der Waals surface area contributed by atoms with Crippen LogP contribution in [0.15, 0.2) is 53.4 Å². The molecule has 0 aliphatic carbocycles. The summed E-state index contributed by atoms with van der Waals surface area (Å²) in [6.07, 6.45) is -1.06. The summed E-state index contributed by atoms with van der Waals surface area (Å²) >= 11 is 0. The maximum atomic E-state index is 12.1. The van der Waals surface area contributed by atoms with Crippen LogP contribution in [0.2, 0.25) is 0 Å². The van der Waals surface area contributed by atoms with Crippen molar-refractivity contribution in [3.63, 3.8) is 0 Å². The number of carbonyl (C=O) groups excluding carboxylic acids is 2. The van der Waals surface area contributed by atoms with E-state index < -0.39 is 28.0 Å². The third kappa shape index (κ3) is 5.13. The van der Waals surface area contributed by atoms with Crippen LogP contribution >= 0.6 is 0 Å². The maximum Gasteiger partial charge on any atom is 0.338 e. The minimum Gasteiger partial charge on any atom is -0.449 e. The fourth-order valence-corrected chi connectivity index (χ4v) is 2.61. The van der Waals surface area contributed by atoms with Crippen LogP contribution in [0, 0.1) is 6.92 Å². The number of carbonyl (C=O) groups is 2. The molecule has 0 bridgehead atoms. The van der Waals surface area contributed by atoms with E-state index in [0.717, 1.165) is 5.56 Å². The lowest BCUT2D eigenvalue weighted by Crippen LogP contribution is -2.30. The lowest BCUT2D eigenvalue weighted by molar-refractivity contribution is -0.123. The van der Waals surface area contributed by atoms with E-state index in [9.17, 15) is 18.0 Å². The molecule has 1 atom stereocenters. The first-order valence-electron chi connectivity index (χ1n) is 7.38. The minimum absolute atomic E-state index is 0.130. The van der Waals surface area contributed by atoms with Crippen LogP contribution in [0.1, 0.15) is 22.8 Å². The smallest absolute Gasteiger partial charge is 0.338 e. The largest absolute Gasteiger partial charge is 0.449 e. The number of sulfonamides is 1. The predicted molar refractivity (Wildman–Crippen MR) is 92.5 cm³/mol. The van der Waals surface area contributed by atoms with Gasteiger partial charge in [0.2, 0.25) is 10.0 Å². The van der Waals surface area contributed by atoms with Crippen molar-refractivity contribution in [2.75, 3.05) is 5.32 Å². The van der Waals surface area contributed by atoms with Crippen LogP contribution in [-0.4, -0.2) is 26.4 Å². The second-order valence-corrected chi connectivity index (χ2v) is 7.04. The number of aryl methyl sites for hydroxylation is 1. The number of primary sulfonamides is 1. The summed E-state index contributed by atoms with van der Waals surface area (Å²) in [5.41, 5.74) is 1.47. The lowest BCUT2D eigenvalue weighted by Gasteiger charge is -2.14. The van der Waals surface area contributed by atoms with E-state index in [1.54, 1.807) is 18.2 Å². The molecule has 3 N–H and O–H groups in total. The molecule has 0 saturated heterocycles. The summed E-state index contributed by atoms with van der Waals surface area (Å²) in [5.74, 6) is -1.21. The number of anilines is 1. The molecular weight excluding hydrogens is 344 g/mol. The normalized spacial score (nSPS) is 12.3. The first-order valence-corrected chi connectivity index (χ1v) is 8.93. The second kappa shape index (κ2) is 7.45. The number of hydrogen-bond acceptors (Lipinski definition) is 5. The quantitative estimate of drug-likeness (QED) is 0.787. The van der Waals surface area contributed by atoms with Crippen molar-refractivity contribution in [1.82, 2.24) is 0 Å². The molecule has 0 aliphatic rings.